The molecule has 3 aromatic rings. The van der Waals surface area contributed by atoms with Gasteiger partial charge in [0.05, 0.1) is 12.8 Å². The molecule has 1 aromatic carbocycles. The third-order valence-corrected chi connectivity index (χ3v) is 4.03. The number of hydrogen-bond donors (Lipinski definition) is 1. The maximum absolute atomic E-state index is 12.5. The first-order valence-electron chi connectivity index (χ1n) is 7.86. The molecular formula is C18H15N3O4. The number of urea groups is 1. The van der Waals surface area contributed by atoms with Crippen molar-refractivity contribution in [1.29, 1.82) is 0 Å². The summed E-state index contributed by atoms with van der Waals surface area (Å²) in [6.07, 6.45) is 1.99. The van der Waals surface area contributed by atoms with Gasteiger partial charge in [0.25, 0.3) is 5.91 Å². The smallest absolute Gasteiger partial charge is 0.325 e. The van der Waals surface area contributed by atoms with Gasteiger partial charge in [0.1, 0.15) is 11.7 Å². The number of amides is 3. The van der Waals surface area contributed by atoms with E-state index >= 15 is 0 Å². The fourth-order valence-corrected chi connectivity index (χ4v) is 2.80. The van der Waals surface area contributed by atoms with Crippen LogP contribution in [0.3, 0.4) is 0 Å². The second-order valence-corrected chi connectivity index (χ2v) is 5.78. The predicted molar refractivity (Wildman–Crippen MR) is 87.2 cm³/mol. The lowest BCUT2D eigenvalue weighted by atomic mass is 10.1. The molecule has 1 saturated heterocycles. The number of nitrogens with one attached hydrogen (secondary N) is 1. The number of nitrogens with zero attached hydrogens (tertiary/aromatic N) is 2. The summed E-state index contributed by atoms with van der Waals surface area (Å²) in [5.74, 6) is 0.724. The van der Waals surface area contributed by atoms with Gasteiger partial charge in [0, 0.05) is 12.5 Å². The highest BCUT2D eigenvalue weighted by Gasteiger charge is 2.38. The number of imide groups is 1. The van der Waals surface area contributed by atoms with Crippen LogP contribution >= 0.6 is 0 Å². The lowest BCUT2D eigenvalue weighted by Gasteiger charge is -2.11. The summed E-state index contributed by atoms with van der Waals surface area (Å²) in [6.45, 7) is 0.0557. The average molecular weight is 337 g/mol. The second-order valence-electron chi connectivity index (χ2n) is 5.78. The van der Waals surface area contributed by atoms with Crippen LogP contribution in [0, 0.1) is 0 Å². The van der Waals surface area contributed by atoms with E-state index in [0.29, 0.717) is 23.6 Å². The Balaban J connectivity index is 1.46. The topological polar surface area (TPSA) is 88.6 Å². The SMILES string of the molecule is O=C1N[C@H](Cc2ccccc2)C(=O)N1Cc1cc(-c2ccco2)on1. The van der Waals surface area contributed by atoms with Crippen LogP contribution in [-0.2, 0) is 17.8 Å². The molecule has 0 bridgehead atoms. The Labute approximate surface area is 143 Å². The van der Waals surface area contributed by atoms with Gasteiger partial charge in [0.15, 0.2) is 5.76 Å². The molecule has 0 spiro atoms. The number of hydrogen-bond acceptors (Lipinski definition) is 5. The molecule has 1 atom stereocenters. The molecule has 3 amide bonds. The van der Waals surface area contributed by atoms with Crippen LogP contribution in [0.2, 0.25) is 0 Å². The zero-order valence-corrected chi connectivity index (χ0v) is 13.2. The van der Waals surface area contributed by atoms with Crippen LogP contribution in [0.4, 0.5) is 4.79 Å². The molecule has 2 aromatic heterocycles. The molecule has 0 aliphatic carbocycles. The molecule has 4 rings (SSSR count). The summed E-state index contributed by atoms with van der Waals surface area (Å²) in [5.41, 5.74) is 1.47. The monoisotopic (exact) mass is 337 g/mol. The number of benzene rings is 1. The predicted octanol–water partition coefficient (Wildman–Crippen LogP) is 2.60. The highest BCUT2D eigenvalue weighted by atomic mass is 16.5. The van der Waals surface area contributed by atoms with Gasteiger partial charge in [-0.15, -0.1) is 0 Å². The van der Waals surface area contributed by atoms with Gasteiger partial charge in [-0.1, -0.05) is 35.5 Å². The molecule has 25 heavy (non-hydrogen) atoms. The molecule has 0 radical (unpaired) electrons. The van der Waals surface area contributed by atoms with Gasteiger partial charge >= 0.3 is 6.03 Å². The largest absolute Gasteiger partial charge is 0.461 e. The molecule has 1 fully saturated rings. The summed E-state index contributed by atoms with van der Waals surface area (Å²) in [5, 5.41) is 6.62. The van der Waals surface area contributed by atoms with Gasteiger partial charge in [0.2, 0.25) is 5.76 Å². The second kappa shape index (κ2) is 6.27. The zero-order chi connectivity index (χ0) is 17.2. The van der Waals surface area contributed by atoms with Crippen molar-refractivity contribution in [2.75, 3.05) is 0 Å². The molecule has 3 heterocycles. The third kappa shape index (κ3) is 3.03. The van der Waals surface area contributed by atoms with Gasteiger partial charge < -0.3 is 14.3 Å². The quantitative estimate of drug-likeness (QED) is 0.723. The Hall–Kier alpha value is -3.35. The van der Waals surface area contributed by atoms with Crippen molar-refractivity contribution in [3.05, 3.63) is 66.1 Å². The number of carbonyl (C=O) groups is 2. The Morgan fingerprint density at radius 2 is 1.92 bits per heavy atom. The van der Waals surface area contributed by atoms with Crippen LogP contribution < -0.4 is 5.32 Å². The minimum absolute atomic E-state index is 0.0557. The fourth-order valence-electron chi connectivity index (χ4n) is 2.80. The molecule has 7 heteroatoms. The van der Waals surface area contributed by atoms with Gasteiger partial charge in [-0.25, -0.2) is 4.79 Å². The number of furan rings is 1. The van der Waals surface area contributed by atoms with Crippen molar-refractivity contribution in [2.45, 2.75) is 19.0 Å². The van der Waals surface area contributed by atoms with Crippen molar-refractivity contribution >= 4 is 11.9 Å². The van der Waals surface area contributed by atoms with Crippen molar-refractivity contribution in [1.82, 2.24) is 15.4 Å². The first-order chi connectivity index (χ1) is 12.2. The van der Waals surface area contributed by atoms with E-state index in [0.717, 1.165) is 10.5 Å². The van der Waals surface area contributed by atoms with Crippen molar-refractivity contribution in [2.24, 2.45) is 0 Å². The molecule has 1 aliphatic rings. The standard InChI is InChI=1S/C18H15N3O4/c22-17-14(9-12-5-2-1-3-6-12)19-18(23)21(17)11-13-10-16(25-20-13)15-7-4-8-24-15/h1-8,10,14H,9,11H2,(H,19,23)/t14-/m1/s1. The summed E-state index contributed by atoms with van der Waals surface area (Å²) in [4.78, 5) is 25.8. The number of aromatic nitrogens is 1. The Morgan fingerprint density at radius 3 is 2.68 bits per heavy atom. The lowest BCUT2D eigenvalue weighted by Crippen LogP contribution is -2.32. The van der Waals surface area contributed by atoms with E-state index in [1.54, 1.807) is 18.2 Å². The number of carbonyl (C=O) groups excluding carboxylic acids is 2. The maximum Gasteiger partial charge on any atom is 0.325 e. The molecule has 0 saturated carbocycles. The third-order valence-electron chi connectivity index (χ3n) is 4.03. The van der Waals surface area contributed by atoms with E-state index < -0.39 is 12.1 Å². The Morgan fingerprint density at radius 1 is 1.08 bits per heavy atom. The van der Waals surface area contributed by atoms with E-state index in [1.807, 2.05) is 30.3 Å². The maximum atomic E-state index is 12.5. The van der Waals surface area contributed by atoms with Crippen molar-refractivity contribution in [3.63, 3.8) is 0 Å². The summed E-state index contributed by atoms with van der Waals surface area (Å²) >= 11 is 0. The summed E-state index contributed by atoms with van der Waals surface area (Å²) in [7, 11) is 0. The Bertz CT molecular complexity index is 886. The lowest BCUT2D eigenvalue weighted by molar-refractivity contribution is -0.127. The molecule has 0 unspecified atom stereocenters. The van der Waals surface area contributed by atoms with E-state index in [-0.39, 0.29) is 12.5 Å². The van der Waals surface area contributed by atoms with Gasteiger partial charge in [-0.05, 0) is 17.7 Å². The number of rotatable bonds is 5. The zero-order valence-electron chi connectivity index (χ0n) is 13.2. The van der Waals surface area contributed by atoms with Crippen molar-refractivity contribution < 1.29 is 18.5 Å². The summed E-state index contributed by atoms with van der Waals surface area (Å²) < 4.78 is 10.4. The van der Waals surface area contributed by atoms with Gasteiger partial charge in [-0.2, -0.15) is 0 Å². The van der Waals surface area contributed by atoms with E-state index in [4.69, 9.17) is 8.94 Å². The van der Waals surface area contributed by atoms with Crippen LogP contribution in [0.15, 0.2) is 63.7 Å². The van der Waals surface area contributed by atoms with E-state index in [2.05, 4.69) is 10.5 Å². The Kier molecular flexibility index (Phi) is 3.81. The van der Waals surface area contributed by atoms with Crippen LogP contribution in [0.1, 0.15) is 11.3 Å². The van der Waals surface area contributed by atoms with E-state index in [9.17, 15) is 9.59 Å². The van der Waals surface area contributed by atoms with Crippen LogP contribution in [-0.4, -0.2) is 28.0 Å². The first kappa shape index (κ1) is 15.2. The van der Waals surface area contributed by atoms with Crippen molar-refractivity contribution in [3.8, 4) is 11.5 Å². The van der Waals surface area contributed by atoms with Gasteiger partial charge in [-0.3, -0.25) is 9.69 Å². The molecule has 1 N–H and O–H groups in total. The average Bonchev–Trinajstić information content (AvgIpc) is 3.34. The highest BCUT2D eigenvalue weighted by molar-refractivity contribution is 6.04. The van der Waals surface area contributed by atoms with Crippen LogP contribution in [0.5, 0.6) is 0 Å². The van der Waals surface area contributed by atoms with E-state index in [1.165, 1.54) is 6.26 Å². The minimum Gasteiger partial charge on any atom is -0.461 e. The normalized spacial score (nSPS) is 17.1. The molecule has 1 aliphatic heterocycles. The fraction of sp³-hybridized carbons (Fsp3) is 0.167. The van der Waals surface area contributed by atoms with Crippen LogP contribution in [0.25, 0.3) is 11.5 Å². The summed E-state index contributed by atoms with van der Waals surface area (Å²) in [6, 6.07) is 13.7. The first-order valence-corrected chi connectivity index (χ1v) is 7.86. The molecule has 126 valence electrons. The molecular weight excluding hydrogens is 322 g/mol. The minimum atomic E-state index is -0.564. The highest BCUT2D eigenvalue weighted by Crippen LogP contribution is 2.22. The molecule has 7 nitrogen and oxygen atoms in total.